The number of hydrogen-bond donors (Lipinski definition) is 1. The topological polar surface area (TPSA) is 101 Å². The number of anilines is 1. The van der Waals surface area contributed by atoms with Crippen LogP contribution in [0.2, 0.25) is 0 Å². The van der Waals surface area contributed by atoms with E-state index in [0.717, 1.165) is 5.56 Å². The van der Waals surface area contributed by atoms with Crippen LogP contribution in [0.4, 0.5) is 19.3 Å². The number of carbonyl (C=O) groups excluding carboxylic acids is 2. The Morgan fingerprint density at radius 3 is 2.21 bits per heavy atom. The van der Waals surface area contributed by atoms with E-state index in [-0.39, 0.29) is 18.1 Å². The Morgan fingerprint density at radius 2 is 1.67 bits per heavy atom. The number of halogens is 2. The van der Waals surface area contributed by atoms with Gasteiger partial charge in [-0.2, -0.15) is 0 Å². The molecule has 4 N–H and O–H groups in total. The van der Waals surface area contributed by atoms with Gasteiger partial charge in [-0.25, -0.2) is 13.6 Å². The van der Waals surface area contributed by atoms with Crippen LogP contribution in [0, 0.1) is 0 Å². The molecule has 1 aliphatic rings. The lowest BCUT2D eigenvalue weighted by Gasteiger charge is -2.39. The zero-order valence-corrected chi connectivity index (χ0v) is 19.1. The van der Waals surface area contributed by atoms with Crippen LogP contribution in [0.15, 0.2) is 48.5 Å². The molecule has 3 rings (SSSR count). The summed E-state index contributed by atoms with van der Waals surface area (Å²) in [6, 6.07) is 13.4. The molecule has 3 amide bonds. The Balaban J connectivity index is 0.00000385. The third kappa shape index (κ3) is 7.23. The van der Waals surface area contributed by atoms with Crippen molar-refractivity contribution in [2.45, 2.75) is 32.7 Å². The SMILES string of the molecule is CC(C)(F)CN1CCN(C(=O)N(Cc2ccc(C(N)=O)cc2)c2cccc(CF)c2)CC1.O. The fourth-order valence-corrected chi connectivity index (χ4v) is 3.83. The second-order valence-corrected chi connectivity index (χ2v) is 8.72. The average Bonchev–Trinajstić information content (AvgIpc) is 2.77. The summed E-state index contributed by atoms with van der Waals surface area (Å²) in [7, 11) is 0. The summed E-state index contributed by atoms with van der Waals surface area (Å²) in [6.07, 6.45) is 0. The summed E-state index contributed by atoms with van der Waals surface area (Å²) in [6.45, 7) is 5.19. The lowest BCUT2D eigenvalue weighted by atomic mass is 10.1. The molecule has 2 aromatic carbocycles. The molecule has 1 saturated heterocycles. The van der Waals surface area contributed by atoms with Gasteiger partial charge in [0.2, 0.25) is 5.91 Å². The van der Waals surface area contributed by atoms with Crippen molar-refractivity contribution in [1.29, 1.82) is 0 Å². The molecular weight excluding hydrogens is 430 g/mol. The highest BCUT2D eigenvalue weighted by atomic mass is 19.1. The molecule has 9 heteroatoms. The summed E-state index contributed by atoms with van der Waals surface area (Å²) < 4.78 is 27.2. The van der Waals surface area contributed by atoms with Crippen molar-refractivity contribution in [3.05, 3.63) is 65.2 Å². The molecule has 1 heterocycles. The number of rotatable bonds is 7. The van der Waals surface area contributed by atoms with Gasteiger partial charge in [0.1, 0.15) is 12.3 Å². The van der Waals surface area contributed by atoms with Crippen molar-refractivity contribution in [2.75, 3.05) is 37.6 Å². The number of amides is 3. The highest BCUT2D eigenvalue weighted by Crippen LogP contribution is 2.23. The second-order valence-electron chi connectivity index (χ2n) is 8.72. The summed E-state index contributed by atoms with van der Waals surface area (Å²) in [4.78, 5) is 30.2. The van der Waals surface area contributed by atoms with E-state index in [0.29, 0.717) is 49.5 Å². The number of piperazine rings is 1. The van der Waals surface area contributed by atoms with E-state index in [4.69, 9.17) is 5.73 Å². The molecule has 0 radical (unpaired) electrons. The van der Waals surface area contributed by atoms with E-state index in [1.807, 2.05) is 4.90 Å². The van der Waals surface area contributed by atoms with Gasteiger partial charge in [0.15, 0.2) is 0 Å². The summed E-state index contributed by atoms with van der Waals surface area (Å²) in [5.74, 6) is -0.519. The number of primary amides is 1. The van der Waals surface area contributed by atoms with Gasteiger partial charge in [0.05, 0.1) is 6.54 Å². The molecule has 0 aromatic heterocycles. The van der Waals surface area contributed by atoms with E-state index >= 15 is 0 Å². The average molecular weight is 463 g/mol. The molecular formula is C24H32F2N4O3. The zero-order valence-electron chi connectivity index (χ0n) is 19.1. The first-order chi connectivity index (χ1) is 15.2. The van der Waals surface area contributed by atoms with Crippen LogP contribution in [0.25, 0.3) is 0 Å². The Morgan fingerprint density at radius 1 is 1.03 bits per heavy atom. The fraction of sp³-hybridized carbons (Fsp3) is 0.417. The van der Waals surface area contributed by atoms with Crippen molar-refractivity contribution < 1.29 is 23.8 Å². The number of benzene rings is 2. The van der Waals surface area contributed by atoms with Crippen LogP contribution < -0.4 is 10.6 Å². The lowest BCUT2D eigenvalue weighted by Crippen LogP contribution is -2.54. The van der Waals surface area contributed by atoms with E-state index in [9.17, 15) is 18.4 Å². The van der Waals surface area contributed by atoms with Gasteiger partial charge >= 0.3 is 6.03 Å². The largest absolute Gasteiger partial charge is 0.412 e. The smallest absolute Gasteiger partial charge is 0.324 e. The number of nitrogens with two attached hydrogens (primary N) is 1. The number of nitrogens with zero attached hydrogens (tertiary/aromatic N) is 3. The predicted octanol–water partition coefficient (Wildman–Crippen LogP) is 2.92. The Kier molecular flexibility index (Phi) is 8.90. The number of carbonyl (C=O) groups is 2. The highest BCUT2D eigenvalue weighted by Gasteiger charge is 2.29. The zero-order chi connectivity index (χ0) is 23.3. The first-order valence-corrected chi connectivity index (χ1v) is 10.7. The molecule has 0 atom stereocenters. The number of urea groups is 1. The van der Waals surface area contributed by atoms with Crippen molar-refractivity contribution in [2.24, 2.45) is 5.73 Å². The van der Waals surface area contributed by atoms with Crippen molar-refractivity contribution in [3.63, 3.8) is 0 Å². The van der Waals surface area contributed by atoms with Gasteiger partial charge in [0, 0.05) is 44.0 Å². The summed E-state index contributed by atoms with van der Waals surface area (Å²) >= 11 is 0. The van der Waals surface area contributed by atoms with Crippen LogP contribution >= 0.6 is 0 Å². The van der Waals surface area contributed by atoms with Gasteiger partial charge in [-0.05, 0) is 49.2 Å². The Hall–Kier alpha value is -3.04. The monoisotopic (exact) mass is 462 g/mol. The molecule has 0 unspecified atom stereocenters. The molecule has 0 saturated carbocycles. The first kappa shape index (κ1) is 26.2. The molecule has 2 aromatic rings. The summed E-state index contributed by atoms with van der Waals surface area (Å²) in [5, 5.41) is 0. The molecule has 1 fully saturated rings. The maximum Gasteiger partial charge on any atom is 0.324 e. The van der Waals surface area contributed by atoms with Crippen LogP contribution in [-0.4, -0.2) is 65.6 Å². The van der Waals surface area contributed by atoms with Crippen molar-refractivity contribution >= 4 is 17.6 Å². The van der Waals surface area contributed by atoms with Crippen LogP contribution in [0.5, 0.6) is 0 Å². The van der Waals surface area contributed by atoms with Gasteiger partial charge in [-0.1, -0.05) is 24.3 Å². The van der Waals surface area contributed by atoms with E-state index in [2.05, 4.69) is 0 Å². The van der Waals surface area contributed by atoms with Gasteiger partial charge < -0.3 is 16.1 Å². The molecule has 1 aliphatic heterocycles. The van der Waals surface area contributed by atoms with Gasteiger partial charge in [-0.15, -0.1) is 0 Å². The second kappa shape index (κ2) is 11.2. The van der Waals surface area contributed by atoms with E-state index < -0.39 is 18.3 Å². The molecule has 0 aliphatic carbocycles. The van der Waals surface area contributed by atoms with E-state index in [1.165, 1.54) is 0 Å². The maximum absolute atomic E-state index is 14.0. The number of alkyl halides is 2. The standard InChI is InChI=1S/C24H30F2N4O2.H2O/c1-24(2,26)17-28-10-12-29(13-11-28)23(32)30(21-5-3-4-19(14-21)15-25)16-18-6-8-20(9-7-18)22(27)31;/h3-9,14H,10-13,15-17H2,1-2H3,(H2,27,31);1H2. The highest BCUT2D eigenvalue weighted by molar-refractivity contribution is 5.93. The Bertz CT molecular complexity index is 939. The summed E-state index contributed by atoms with van der Waals surface area (Å²) in [5.41, 5.74) is 6.30. The number of hydrogen-bond acceptors (Lipinski definition) is 3. The molecule has 7 nitrogen and oxygen atoms in total. The fourth-order valence-electron chi connectivity index (χ4n) is 3.83. The molecule has 33 heavy (non-hydrogen) atoms. The van der Waals surface area contributed by atoms with Crippen molar-refractivity contribution in [1.82, 2.24) is 9.80 Å². The maximum atomic E-state index is 14.0. The van der Waals surface area contributed by atoms with Gasteiger partial charge in [0.25, 0.3) is 0 Å². The minimum atomic E-state index is -1.29. The quantitative estimate of drug-likeness (QED) is 0.684. The first-order valence-electron chi connectivity index (χ1n) is 10.7. The van der Waals surface area contributed by atoms with Crippen LogP contribution in [0.1, 0.15) is 35.3 Å². The molecule has 0 bridgehead atoms. The van der Waals surface area contributed by atoms with E-state index in [1.54, 1.807) is 72.2 Å². The minimum Gasteiger partial charge on any atom is -0.412 e. The van der Waals surface area contributed by atoms with Crippen LogP contribution in [-0.2, 0) is 13.2 Å². The minimum absolute atomic E-state index is 0. The third-order valence-corrected chi connectivity index (χ3v) is 5.43. The third-order valence-electron chi connectivity index (χ3n) is 5.43. The molecule has 180 valence electrons. The normalized spacial score (nSPS) is 14.5. The van der Waals surface area contributed by atoms with Crippen molar-refractivity contribution in [3.8, 4) is 0 Å². The predicted molar refractivity (Wildman–Crippen MR) is 125 cm³/mol. The molecule has 0 spiro atoms. The Labute approximate surface area is 193 Å². The van der Waals surface area contributed by atoms with Crippen LogP contribution in [0.3, 0.4) is 0 Å². The van der Waals surface area contributed by atoms with Gasteiger partial charge in [-0.3, -0.25) is 14.6 Å². The lowest BCUT2D eigenvalue weighted by molar-refractivity contribution is 0.0867.